The van der Waals surface area contributed by atoms with E-state index in [1.807, 2.05) is 0 Å². The first kappa shape index (κ1) is 14.1. The molecular weight excluding hydrogens is 219 g/mol. The Morgan fingerprint density at radius 2 is 2.35 bits per heavy atom. The summed E-state index contributed by atoms with van der Waals surface area (Å²) in [5, 5.41) is 3.36. The standard InChI is InChI=1S/C13H21FN2O/c1-3-7-16-13(5-4-9-17-2)11-6-8-15-10-12(11)14/h6,8,10,13,16H,3-5,7,9H2,1-2H3. The van der Waals surface area contributed by atoms with Crippen LogP contribution < -0.4 is 5.32 Å². The van der Waals surface area contributed by atoms with Gasteiger partial charge in [-0.3, -0.25) is 4.98 Å². The summed E-state index contributed by atoms with van der Waals surface area (Å²) in [6.45, 7) is 3.69. The largest absolute Gasteiger partial charge is 0.385 e. The topological polar surface area (TPSA) is 34.1 Å². The summed E-state index contributed by atoms with van der Waals surface area (Å²) >= 11 is 0. The lowest BCUT2D eigenvalue weighted by molar-refractivity contribution is 0.188. The van der Waals surface area contributed by atoms with E-state index in [9.17, 15) is 4.39 Å². The molecule has 17 heavy (non-hydrogen) atoms. The maximum Gasteiger partial charge on any atom is 0.146 e. The molecule has 1 unspecified atom stereocenters. The lowest BCUT2D eigenvalue weighted by atomic mass is 10.0. The molecule has 0 radical (unpaired) electrons. The zero-order valence-corrected chi connectivity index (χ0v) is 10.6. The van der Waals surface area contributed by atoms with Crippen LogP contribution in [0.5, 0.6) is 0 Å². The maximum atomic E-state index is 13.6. The average molecular weight is 240 g/mol. The van der Waals surface area contributed by atoms with Crippen LogP contribution in [0, 0.1) is 5.82 Å². The van der Waals surface area contributed by atoms with Crippen molar-refractivity contribution >= 4 is 0 Å². The van der Waals surface area contributed by atoms with E-state index in [4.69, 9.17) is 4.74 Å². The Hall–Kier alpha value is -1.00. The third kappa shape index (κ3) is 4.79. The molecule has 96 valence electrons. The smallest absolute Gasteiger partial charge is 0.146 e. The van der Waals surface area contributed by atoms with E-state index >= 15 is 0 Å². The molecule has 0 spiro atoms. The number of hydrogen-bond acceptors (Lipinski definition) is 3. The van der Waals surface area contributed by atoms with E-state index in [1.54, 1.807) is 19.4 Å². The van der Waals surface area contributed by atoms with Gasteiger partial charge in [0.1, 0.15) is 5.82 Å². The molecule has 0 aliphatic carbocycles. The lowest BCUT2D eigenvalue weighted by Crippen LogP contribution is -2.23. The van der Waals surface area contributed by atoms with Crippen molar-refractivity contribution in [3.63, 3.8) is 0 Å². The zero-order chi connectivity index (χ0) is 12.5. The van der Waals surface area contributed by atoms with Gasteiger partial charge in [0.25, 0.3) is 0 Å². The van der Waals surface area contributed by atoms with Gasteiger partial charge in [-0.1, -0.05) is 6.92 Å². The van der Waals surface area contributed by atoms with Gasteiger partial charge >= 0.3 is 0 Å². The number of hydrogen-bond donors (Lipinski definition) is 1. The van der Waals surface area contributed by atoms with Gasteiger partial charge in [0, 0.05) is 31.5 Å². The van der Waals surface area contributed by atoms with Crippen LogP contribution in [0.25, 0.3) is 0 Å². The van der Waals surface area contributed by atoms with Gasteiger partial charge in [0.2, 0.25) is 0 Å². The van der Waals surface area contributed by atoms with Crippen molar-refractivity contribution in [2.24, 2.45) is 0 Å². The highest BCUT2D eigenvalue weighted by molar-refractivity contribution is 5.17. The molecular formula is C13H21FN2O. The van der Waals surface area contributed by atoms with Crippen LogP contribution >= 0.6 is 0 Å². The van der Waals surface area contributed by atoms with Crippen molar-refractivity contribution in [2.75, 3.05) is 20.3 Å². The van der Waals surface area contributed by atoms with Crippen LogP contribution in [0.1, 0.15) is 37.8 Å². The fraction of sp³-hybridized carbons (Fsp3) is 0.615. The van der Waals surface area contributed by atoms with Gasteiger partial charge in [-0.2, -0.15) is 0 Å². The van der Waals surface area contributed by atoms with E-state index in [2.05, 4.69) is 17.2 Å². The number of rotatable bonds is 8. The molecule has 0 aliphatic rings. The summed E-state index contributed by atoms with van der Waals surface area (Å²) < 4.78 is 18.7. The molecule has 0 amide bonds. The second-order valence-electron chi connectivity index (χ2n) is 4.04. The Morgan fingerprint density at radius 3 is 3.00 bits per heavy atom. The summed E-state index contributed by atoms with van der Waals surface area (Å²) in [5.74, 6) is -0.237. The predicted molar refractivity (Wildman–Crippen MR) is 66.3 cm³/mol. The van der Waals surface area contributed by atoms with Gasteiger partial charge in [0.05, 0.1) is 6.20 Å². The third-order valence-electron chi connectivity index (χ3n) is 2.66. The minimum atomic E-state index is -0.237. The first-order valence-electron chi connectivity index (χ1n) is 6.11. The third-order valence-corrected chi connectivity index (χ3v) is 2.66. The number of nitrogens with one attached hydrogen (secondary N) is 1. The number of methoxy groups -OCH3 is 1. The van der Waals surface area contributed by atoms with Crippen molar-refractivity contribution in [3.05, 3.63) is 29.8 Å². The summed E-state index contributed by atoms with van der Waals surface area (Å²) in [7, 11) is 1.68. The average Bonchev–Trinajstić information content (AvgIpc) is 2.35. The monoisotopic (exact) mass is 240 g/mol. The number of ether oxygens (including phenoxy) is 1. The summed E-state index contributed by atoms with van der Waals surface area (Å²) in [4.78, 5) is 3.78. The number of nitrogens with zero attached hydrogens (tertiary/aromatic N) is 1. The summed E-state index contributed by atoms with van der Waals surface area (Å²) in [6, 6.07) is 1.79. The first-order chi connectivity index (χ1) is 8.29. The summed E-state index contributed by atoms with van der Waals surface area (Å²) in [5.41, 5.74) is 0.699. The predicted octanol–water partition coefficient (Wildman–Crippen LogP) is 2.69. The lowest BCUT2D eigenvalue weighted by Gasteiger charge is -2.19. The molecule has 0 saturated carbocycles. The highest BCUT2D eigenvalue weighted by Gasteiger charge is 2.14. The molecule has 1 N–H and O–H groups in total. The molecule has 0 aromatic carbocycles. The van der Waals surface area contributed by atoms with Crippen LogP contribution in [-0.2, 0) is 4.74 Å². The Balaban J connectivity index is 2.64. The SMILES string of the molecule is CCCNC(CCCOC)c1ccncc1F. The molecule has 1 rings (SSSR count). The van der Waals surface area contributed by atoms with Crippen molar-refractivity contribution in [1.29, 1.82) is 0 Å². The quantitative estimate of drug-likeness (QED) is 0.709. The van der Waals surface area contributed by atoms with Crippen LogP contribution in [0.4, 0.5) is 4.39 Å². The Labute approximate surface area is 102 Å². The fourth-order valence-corrected chi connectivity index (χ4v) is 1.79. The van der Waals surface area contributed by atoms with Crippen molar-refractivity contribution in [1.82, 2.24) is 10.3 Å². The van der Waals surface area contributed by atoms with Crippen LogP contribution in [0.3, 0.4) is 0 Å². The minimum Gasteiger partial charge on any atom is -0.385 e. The van der Waals surface area contributed by atoms with Gasteiger partial charge < -0.3 is 10.1 Å². The van der Waals surface area contributed by atoms with Crippen molar-refractivity contribution in [2.45, 2.75) is 32.2 Å². The number of halogens is 1. The normalized spacial score (nSPS) is 12.6. The highest BCUT2D eigenvalue weighted by atomic mass is 19.1. The Kier molecular flexibility index (Phi) is 6.74. The molecule has 1 heterocycles. The molecule has 0 saturated heterocycles. The molecule has 1 atom stereocenters. The van der Waals surface area contributed by atoms with Crippen LogP contribution in [-0.4, -0.2) is 25.2 Å². The fourth-order valence-electron chi connectivity index (χ4n) is 1.79. The highest BCUT2D eigenvalue weighted by Crippen LogP contribution is 2.20. The van der Waals surface area contributed by atoms with Crippen LogP contribution in [0.15, 0.2) is 18.5 Å². The molecule has 0 aliphatic heterocycles. The molecule has 0 fully saturated rings. The molecule has 4 heteroatoms. The maximum absolute atomic E-state index is 13.6. The van der Waals surface area contributed by atoms with E-state index in [1.165, 1.54) is 6.20 Å². The van der Waals surface area contributed by atoms with Gasteiger partial charge in [-0.25, -0.2) is 4.39 Å². The second-order valence-corrected chi connectivity index (χ2v) is 4.04. The van der Waals surface area contributed by atoms with Crippen LogP contribution in [0.2, 0.25) is 0 Å². The molecule has 3 nitrogen and oxygen atoms in total. The minimum absolute atomic E-state index is 0.0492. The van der Waals surface area contributed by atoms with E-state index in [0.717, 1.165) is 25.8 Å². The Morgan fingerprint density at radius 1 is 1.53 bits per heavy atom. The zero-order valence-electron chi connectivity index (χ0n) is 10.6. The van der Waals surface area contributed by atoms with Gasteiger partial charge in [0.15, 0.2) is 0 Å². The molecule has 1 aromatic rings. The first-order valence-corrected chi connectivity index (χ1v) is 6.11. The van der Waals surface area contributed by atoms with Gasteiger partial charge in [-0.05, 0) is 31.9 Å². The van der Waals surface area contributed by atoms with Crippen molar-refractivity contribution in [3.8, 4) is 0 Å². The van der Waals surface area contributed by atoms with E-state index in [0.29, 0.717) is 12.2 Å². The molecule has 1 aromatic heterocycles. The van der Waals surface area contributed by atoms with E-state index in [-0.39, 0.29) is 11.9 Å². The summed E-state index contributed by atoms with van der Waals surface area (Å²) in [6.07, 6.45) is 5.73. The van der Waals surface area contributed by atoms with Crippen molar-refractivity contribution < 1.29 is 9.13 Å². The van der Waals surface area contributed by atoms with E-state index < -0.39 is 0 Å². The number of pyridine rings is 1. The Bertz CT molecular complexity index is 320. The molecule has 0 bridgehead atoms. The number of aromatic nitrogens is 1. The van der Waals surface area contributed by atoms with Gasteiger partial charge in [-0.15, -0.1) is 0 Å². The second kappa shape index (κ2) is 8.14.